The maximum atomic E-state index is 14.0. The molecule has 0 aliphatic carbocycles. The molecule has 0 spiro atoms. The number of aromatic nitrogens is 4. The van der Waals surface area contributed by atoms with E-state index in [0.717, 1.165) is 16.3 Å². The number of alkyl halides is 3. The molecule has 1 aliphatic heterocycles. The Kier molecular flexibility index (Phi) is 4.52. The first-order valence-electron chi connectivity index (χ1n) is 8.28. The molecule has 1 N–H and O–H groups in total. The van der Waals surface area contributed by atoms with Crippen molar-refractivity contribution in [2.24, 2.45) is 0 Å². The number of nitrogens with zero attached hydrogens (tertiary/aromatic N) is 6. The summed E-state index contributed by atoms with van der Waals surface area (Å²) in [7, 11) is 0. The van der Waals surface area contributed by atoms with Crippen LogP contribution < -0.4 is 10.2 Å². The van der Waals surface area contributed by atoms with Crippen LogP contribution in [0.1, 0.15) is 12.6 Å². The van der Waals surface area contributed by atoms with E-state index in [2.05, 4.69) is 25.2 Å². The van der Waals surface area contributed by atoms with Gasteiger partial charge in [0.15, 0.2) is 10.8 Å². The minimum atomic E-state index is -4.69. The van der Waals surface area contributed by atoms with E-state index in [0.29, 0.717) is 0 Å². The summed E-state index contributed by atoms with van der Waals surface area (Å²) in [4.78, 5) is 24.7. The van der Waals surface area contributed by atoms with Crippen molar-refractivity contribution in [3.63, 3.8) is 0 Å². The van der Waals surface area contributed by atoms with Crippen LogP contribution in [0.4, 0.5) is 35.2 Å². The lowest BCUT2D eigenvalue weighted by molar-refractivity contribution is -0.181. The van der Waals surface area contributed by atoms with Crippen LogP contribution in [0.2, 0.25) is 10.2 Å². The SMILES string of the molecule is [C-]#[N+]c1ncc(NC(=O)N2C[C@@](C)(C(F)(F)F)c3c2cnc2cc(Cl)nn32)cc1Cl. The standard InChI is InChI=1S/C17H10Cl2F3N7O/c1-16(17(20,21)22)7-28(10-6-24-12-4-11(19)27-29(12)13(10)16)15(30)26-8-3-9(18)14(23-2)25-5-8/h3-6H,7H2,1H3,(H,26,30)/t16-/m1/s1. The summed E-state index contributed by atoms with van der Waals surface area (Å²) in [6.07, 6.45) is -2.33. The molecule has 154 valence electrons. The molecule has 0 saturated carbocycles. The van der Waals surface area contributed by atoms with Crippen molar-refractivity contribution in [2.45, 2.75) is 18.5 Å². The molecule has 0 aromatic carbocycles. The normalized spacial score (nSPS) is 18.4. The summed E-state index contributed by atoms with van der Waals surface area (Å²) in [5.74, 6) is -0.0621. The molecule has 1 atom stereocenters. The van der Waals surface area contributed by atoms with E-state index in [9.17, 15) is 18.0 Å². The van der Waals surface area contributed by atoms with E-state index in [4.69, 9.17) is 29.8 Å². The van der Waals surface area contributed by atoms with Gasteiger partial charge in [-0.1, -0.05) is 29.8 Å². The number of pyridine rings is 1. The molecule has 0 fully saturated rings. The van der Waals surface area contributed by atoms with Crippen LogP contribution in [0.25, 0.3) is 10.5 Å². The Hall–Kier alpha value is -3.10. The first-order chi connectivity index (χ1) is 14.0. The van der Waals surface area contributed by atoms with Crippen LogP contribution in [0.5, 0.6) is 0 Å². The molecule has 30 heavy (non-hydrogen) atoms. The van der Waals surface area contributed by atoms with E-state index >= 15 is 0 Å². The first kappa shape index (κ1) is 20.2. The van der Waals surface area contributed by atoms with E-state index in [1.807, 2.05) is 0 Å². The van der Waals surface area contributed by atoms with Gasteiger partial charge in [-0.3, -0.25) is 4.90 Å². The van der Waals surface area contributed by atoms with Gasteiger partial charge in [0.05, 0.1) is 28.3 Å². The molecule has 0 saturated heterocycles. The highest BCUT2D eigenvalue weighted by Gasteiger charge is 2.60. The molecule has 1 aliphatic rings. The summed E-state index contributed by atoms with van der Waals surface area (Å²) in [5, 5.41) is 6.33. The van der Waals surface area contributed by atoms with Gasteiger partial charge in [-0.05, 0) is 13.0 Å². The van der Waals surface area contributed by atoms with Crippen LogP contribution in [0.3, 0.4) is 0 Å². The number of carbonyl (C=O) groups is 1. The van der Waals surface area contributed by atoms with Gasteiger partial charge in [-0.25, -0.2) is 14.3 Å². The van der Waals surface area contributed by atoms with Crippen molar-refractivity contribution in [2.75, 3.05) is 16.8 Å². The molecule has 0 bridgehead atoms. The number of halogens is 5. The third-order valence-corrected chi connectivity index (χ3v) is 5.23. The second kappa shape index (κ2) is 6.72. The fourth-order valence-electron chi connectivity index (χ4n) is 3.26. The number of urea groups is 1. The topological polar surface area (TPSA) is 79.8 Å². The minimum absolute atomic E-state index is 0.000639. The molecule has 4 heterocycles. The summed E-state index contributed by atoms with van der Waals surface area (Å²) in [5.41, 5.74) is -2.48. The van der Waals surface area contributed by atoms with Gasteiger partial charge < -0.3 is 10.2 Å². The number of hydrogen-bond acceptors (Lipinski definition) is 4. The fraction of sp³-hybridized carbons (Fsp3) is 0.235. The number of carbonyl (C=O) groups excluding carboxylic acids is 1. The highest BCUT2D eigenvalue weighted by atomic mass is 35.5. The predicted octanol–water partition coefficient (Wildman–Crippen LogP) is 4.85. The second-order valence-electron chi connectivity index (χ2n) is 6.72. The zero-order chi connectivity index (χ0) is 21.8. The van der Waals surface area contributed by atoms with Gasteiger partial charge in [0, 0.05) is 12.6 Å². The van der Waals surface area contributed by atoms with E-state index in [1.165, 1.54) is 24.5 Å². The van der Waals surface area contributed by atoms with Crippen molar-refractivity contribution in [3.8, 4) is 0 Å². The Labute approximate surface area is 177 Å². The van der Waals surface area contributed by atoms with Crippen molar-refractivity contribution in [3.05, 3.63) is 51.8 Å². The lowest BCUT2D eigenvalue weighted by atomic mass is 9.88. The Morgan fingerprint density at radius 3 is 2.67 bits per heavy atom. The van der Waals surface area contributed by atoms with Crippen molar-refractivity contribution in [1.82, 2.24) is 19.6 Å². The van der Waals surface area contributed by atoms with Crippen LogP contribution in [-0.4, -0.2) is 38.3 Å². The Morgan fingerprint density at radius 1 is 1.30 bits per heavy atom. The third kappa shape index (κ3) is 3.00. The lowest BCUT2D eigenvalue weighted by Gasteiger charge is -2.28. The summed E-state index contributed by atoms with van der Waals surface area (Å²) in [6.45, 7) is 7.22. The Bertz CT molecular complexity index is 1240. The molecule has 0 unspecified atom stereocenters. The second-order valence-corrected chi connectivity index (χ2v) is 7.51. The van der Waals surface area contributed by atoms with Crippen LogP contribution >= 0.6 is 23.2 Å². The first-order valence-corrected chi connectivity index (χ1v) is 9.04. The van der Waals surface area contributed by atoms with Gasteiger partial charge in [-0.2, -0.15) is 18.3 Å². The van der Waals surface area contributed by atoms with Crippen molar-refractivity contribution in [1.29, 1.82) is 0 Å². The summed E-state index contributed by atoms with van der Waals surface area (Å²) in [6, 6.07) is 1.76. The maximum absolute atomic E-state index is 14.0. The quantitative estimate of drug-likeness (QED) is 0.531. The number of amides is 2. The molecule has 2 amide bonds. The van der Waals surface area contributed by atoms with Gasteiger partial charge in [0.1, 0.15) is 11.6 Å². The minimum Gasteiger partial charge on any atom is -0.359 e. The number of rotatable bonds is 1. The summed E-state index contributed by atoms with van der Waals surface area (Å²) >= 11 is 11.8. The van der Waals surface area contributed by atoms with Crippen LogP contribution in [0.15, 0.2) is 24.5 Å². The van der Waals surface area contributed by atoms with Crippen molar-refractivity contribution < 1.29 is 18.0 Å². The van der Waals surface area contributed by atoms with E-state index in [-0.39, 0.29) is 38.7 Å². The zero-order valence-electron chi connectivity index (χ0n) is 15.0. The number of anilines is 2. The Balaban J connectivity index is 1.78. The molecule has 8 nitrogen and oxygen atoms in total. The molecule has 4 rings (SSSR count). The highest BCUT2D eigenvalue weighted by Crippen LogP contribution is 2.50. The molecule has 3 aromatic heterocycles. The van der Waals surface area contributed by atoms with Gasteiger partial charge in [0.2, 0.25) is 0 Å². The lowest BCUT2D eigenvalue weighted by Crippen LogP contribution is -2.46. The number of nitrogens with one attached hydrogen (secondary N) is 1. The molecular weight excluding hydrogens is 446 g/mol. The zero-order valence-corrected chi connectivity index (χ0v) is 16.5. The van der Waals surface area contributed by atoms with Gasteiger partial charge >= 0.3 is 12.2 Å². The highest BCUT2D eigenvalue weighted by molar-refractivity contribution is 6.33. The monoisotopic (exact) mass is 455 g/mol. The number of fused-ring (bicyclic) bond motifs is 3. The van der Waals surface area contributed by atoms with Crippen LogP contribution in [-0.2, 0) is 5.41 Å². The fourth-order valence-corrected chi connectivity index (χ4v) is 3.65. The van der Waals surface area contributed by atoms with E-state index in [1.54, 1.807) is 0 Å². The largest absolute Gasteiger partial charge is 0.401 e. The third-order valence-electron chi connectivity index (χ3n) is 4.77. The van der Waals surface area contributed by atoms with Gasteiger partial charge in [-0.15, -0.1) is 4.98 Å². The Morgan fingerprint density at radius 2 is 2.03 bits per heavy atom. The number of hydrogen-bond donors (Lipinski definition) is 1. The predicted molar refractivity (Wildman–Crippen MR) is 103 cm³/mol. The average Bonchev–Trinajstić information content (AvgIpc) is 3.19. The van der Waals surface area contributed by atoms with Crippen LogP contribution in [0, 0.1) is 6.57 Å². The van der Waals surface area contributed by atoms with Crippen molar-refractivity contribution >= 4 is 52.1 Å². The maximum Gasteiger partial charge on any atom is 0.401 e. The molecule has 3 aromatic rings. The summed E-state index contributed by atoms with van der Waals surface area (Å²) < 4.78 is 43.2. The van der Waals surface area contributed by atoms with Gasteiger partial charge in [0.25, 0.3) is 5.82 Å². The average molecular weight is 456 g/mol. The smallest absolute Gasteiger partial charge is 0.359 e. The van der Waals surface area contributed by atoms with E-state index < -0.39 is 24.2 Å². The molecular formula is C17H10Cl2F3N7O. The molecule has 13 heteroatoms. The molecule has 0 radical (unpaired) electrons.